The van der Waals surface area contributed by atoms with E-state index in [2.05, 4.69) is 4.85 Å². The average molecular weight is 254 g/mol. The van der Waals surface area contributed by atoms with Gasteiger partial charge in [-0.3, -0.25) is 0 Å². The lowest BCUT2D eigenvalue weighted by molar-refractivity contribution is 0.0604. The van der Waals surface area contributed by atoms with Gasteiger partial charge in [-0.15, -0.1) is 0 Å². The molecule has 96 valence electrons. The minimum atomic E-state index is -0.383. The summed E-state index contributed by atoms with van der Waals surface area (Å²) in [5, 5.41) is 18.4. The fourth-order valence-electron chi connectivity index (χ4n) is 2.11. The van der Waals surface area contributed by atoms with E-state index < -0.39 is 0 Å². The largest absolute Gasteiger partial charge is 0.488 e. The van der Waals surface area contributed by atoms with Gasteiger partial charge >= 0.3 is 0 Å². The van der Waals surface area contributed by atoms with E-state index in [1.54, 1.807) is 24.3 Å². The summed E-state index contributed by atoms with van der Waals surface area (Å²) in [7, 11) is 0. The molecular weight excluding hydrogens is 240 g/mol. The van der Waals surface area contributed by atoms with Crippen LogP contribution >= 0.6 is 0 Å². The molecule has 0 unspecified atom stereocenters. The van der Waals surface area contributed by atoms with Crippen LogP contribution < -0.4 is 4.74 Å². The molecule has 0 radical (unpaired) electrons. The Kier molecular flexibility index (Phi) is 4.18. The zero-order valence-electron chi connectivity index (χ0n) is 10.4. The van der Waals surface area contributed by atoms with Crippen LogP contribution in [0.4, 0.5) is 0 Å². The van der Waals surface area contributed by atoms with Crippen molar-refractivity contribution in [1.82, 2.24) is 0 Å². The Morgan fingerprint density at radius 3 is 2.68 bits per heavy atom. The maximum absolute atomic E-state index is 9.68. The van der Waals surface area contributed by atoms with Gasteiger partial charge in [0.2, 0.25) is 0 Å². The summed E-state index contributed by atoms with van der Waals surface area (Å²) in [5.41, 5.74) is 0.840. The molecule has 4 heteroatoms. The number of nitrogens with zero attached hydrogens (tertiary/aromatic N) is 2. The first-order valence-corrected chi connectivity index (χ1v) is 6.17. The van der Waals surface area contributed by atoms with E-state index in [-0.39, 0.29) is 17.9 Å². The Morgan fingerprint density at radius 2 is 2.16 bits per heavy atom. The van der Waals surface area contributed by atoms with Crippen LogP contribution in [-0.2, 0) is 0 Å². The molecule has 1 N–H and O–H groups in total. The molecule has 0 saturated heterocycles. The van der Waals surface area contributed by atoms with Crippen molar-refractivity contribution in [3.05, 3.63) is 46.9 Å². The summed E-state index contributed by atoms with van der Waals surface area (Å²) < 4.78 is 5.70. The van der Waals surface area contributed by atoms with Crippen molar-refractivity contribution in [3.8, 4) is 11.8 Å². The number of ether oxygens (including phenoxy) is 1. The van der Waals surface area contributed by atoms with E-state index in [1.165, 1.54) is 6.08 Å². The molecule has 1 aliphatic carbocycles. The zero-order chi connectivity index (χ0) is 13.7. The molecule has 0 aromatic heterocycles. The van der Waals surface area contributed by atoms with Crippen LogP contribution in [0, 0.1) is 17.9 Å². The van der Waals surface area contributed by atoms with Crippen LogP contribution in [0.2, 0.25) is 0 Å². The molecule has 0 bridgehead atoms. The lowest BCUT2D eigenvalue weighted by Crippen LogP contribution is -2.25. The van der Waals surface area contributed by atoms with E-state index >= 15 is 0 Å². The maximum atomic E-state index is 9.68. The van der Waals surface area contributed by atoms with Crippen molar-refractivity contribution in [2.75, 3.05) is 0 Å². The Balaban J connectivity index is 2.05. The Bertz CT molecular complexity index is 533. The van der Waals surface area contributed by atoms with E-state index in [0.29, 0.717) is 5.75 Å². The second-order valence-corrected chi connectivity index (χ2v) is 4.48. The summed E-state index contributed by atoms with van der Waals surface area (Å²) in [6, 6.07) is 8.98. The number of aliphatic hydroxyl groups is 1. The smallest absolute Gasteiger partial charge is 0.262 e. The molecule has 1 aliphatic rings. The standard InChI is InChI=1S/C15H14N2O2/c1-17-12(10-16)9-11-5-7-13(8-6-11)19-15-4-2-3-14(15)18/h5-9,14-15,18H,2-4H2/b12-9-/t14-,15-/m0/s1. The van der Waals surface area contributed by atoms with Crippen molar-refractivity contribution in [3.63, 3.8) is 0 Å². The number of hydrogen-bond acceptors (Lipinski definition) is 3. The van der Waals surface area contributed by atoms with Gasteiger partial charge in [0.15, 0.2) is 0 Å². The molecular formula is C15H14N2O2. The molecule has 1 aromatic rings. The molecule has 4 nitrogen and oxygen atoms in total. The highest BCUT2D eigenvalue weighted by atomic mass is 16.5. The van der Waals surface area contributed by atoms with Gasteiger partial charge in [0.25, 0.3) is 5.70 Å². The van der Waals surface area contributed by atoms with Crippen molar-refractivity contribution in [2.45, 2.75) is 31.5 Å². The summed E-state index contributed by atoms with van der Waals surface area (Å²) in [5.74, 6) is 0.699. The monoisotopic (exact) mass is 254 g/mol. The number of allylic oxidation sites excluding steroid dienone is 1. The SMILES string of the molecule is [C-]#[N+]/C(C#N)=C\c1ccc(O[C@H]2CCC[C@@H]2O)cc1. The number of nitriles is 1. The summed E-state index contributed by atoms with van der Waals surface area (Å²) in [6.45, 7) is 6.80. The van der Waals surface area contributed by atoms with Crippen LogP contribution in [-0.4, -0.2) is 17.3 Å². The van der Waals surface area contributed by atoms with Crippen LogP contribution in [0.3, 0.4) is 0 Å². The Morgan fingerprint density at radius 1 is 1.42 bits per heavy atom. The average Bonchev–Trinajstić information content (AvgIpc) is 2.83. The topological polar surface area (TPSA) is 57.6 Å². The minimum Gasteiger partial charge on any atom is -0.488 e. The fraction of sp³-hybridized carbons (Fsp3) is 0.333. The van der Waals surface area contributed by atoms with Crippen molar-refractivity contribution in [2.24, 2.45) is 0 Å². The van der Waals surface area contributed by atoms with Crippen LogP contribution in [0.15, 0.2) is 30.0 Å². The first-order chi connectivity index (χ1) is 9.22. The van der Waals surface area contributed by atoms with E-state index in [1.807, 2.05) is 6.07 Å². The number of rotatable bonds is 3. The van der Waals surface area contributed by atoms with Gasteiger partial charge in [0.05, 0.1) is 18.7 Å². The van der Waals surface area contributed by atoms with Crippen molar-refractivity contribution in [1.29, 1.82) is 5.26 Å². The second-order valence-electron chi connectivity index (χ2n) is 4.48. The van der Waals surface area contributed by atoms with E-state index in [0.717, 1.165) is 24.8 Å². The summed E-state index contributed by atoms with van der Waals surface area (Å²) in [6.07, 6.45) is 3.68. The van der Waals surface area contributed by atoms with Gasteiger partial charge in [0.1, 0.15) is 11.9 Å². The minimum absolute atomic E-state index is 0.0554. The normalized spacial score (nSPS) is 22.6. The first-order valence-electron chi connectivity index (χ1n) is 6.17. The molecule has 2 rings (SSSR count). The highest BCUT2D eigenvalue weighted by Gasteiger charge is 2.26. The van der Waals surface area contributed by atoms with Gasteiger partial charge < -0.3 is 9.84 Å². The summed E-state index contributed by atoms with van der Waals surface area (Å²) >= 11 is 0. The molecule has 2 atom stereocenters. The Labute approximate surface area is 112 Å². The van der Waals surface area contributed by atoms with Crippen LogP contribution in [0.25, 0.3) is 10.9 Å². The molecule has 0 spiro atoms. The van der Waals surface area contributed by atoms with Crippen LogP contribution in [0.5, 0.6) is 5.75 Å². The van der Waals surface area contributed by atoms with Gasteiger partial charge in [-0.1, -0.05) is 12.1 Å². The first kappa shape index (κ1) is 13.1. The molecule has 0 heterocycles. The van der Waals surface area contributed by atoms with E-state index in [9.17, 15) is 5.11 Å². The molecule has 19 heavy (non-hydrogen) atoms. The molecule has 1 fully saturated rings. The highest BCUT2D eigenvalue weighted by molar-refractivity contribution is 5.59. The molecule has 1 saturated carbocycles. The highest BCUT2D eigenvalue weighted by Crippen LogP contribution is 2.25. The lowest BCUT2D eigenvalue weighted by Gasteiger charge is -2.17. The molecule has 1 aromatic carbocycles. The third-order valence-electron chi connectivity index (χ3n) is 3.12. The van der Waals surface area contributed by atoms with Crippen molar-refractivity contribution >= 4 is 6.08 Å². The second kappa shape index (κ2) is 6.04. The predicted molar refractivity (Wildman–Crippen MR) is 70.9 cm³/mol. The number of benzene rings is 1. The summed E-state index contributed by atoms with van der Waals surface area (Å²) in [4.78, 5) is 3.10. The predicted octanol–water partition coefficient (Wildman–Crippen LogP) is 2.76. The van der Waals surface area contributed by atoms with E-state index in [4.69, 9.17) is 16.6 Å². The Hall–Kier alpha value is -2.30. The van der Waals surface area contributed by atoms with Gasteiger partial charge in [-0.2, -0.15) is 0 Å². The lowest BCUT2D eigenvalue weighted by atomic mass is 10.2. The quantitative estimate of drug-likeness (QED) is 0.666. The fourth-order valence-corrected chi connectivity index (χ4v) is 2.11. The third kappa shape index (κ3) is 3.34. The number of aliphatic hydroxyl groups excluding tert-OH is 1. The van der Waals surface area contributed by atoms with Gasteiger partial charge in [-0.05, 0) is 43.0 Å². The van der Waals surface area contributed by atoms with Gasteiger partial charge in [0, 0.05) is 0 Å². The van der Waals surface area contributed by atoms with Crippen molar-refractivity contribution < 1.29 is 9.84 Å². The van der Waals surface area contributed by atoms with Crippen LogP contribution in [0.1, 0.15) is 24.8 Å². The number of hydrogen-bond donors (Lipinski definition) is 1. The van der Waals surface area contributed by atoms with Gasteiger partial charge in [-0.25, -0.2) is 10.1 Å². The third-order valence-corrected chi connectivity index (χ3v) is 3.12. The molecule has 0 amide bonds. The zero-order valence-corrected chi connectivity index (χ0v) is 10.4. The maximum Gasteiger partial charge on any atom is 0.262 e. The molecule has 0 aliphatic heterocycles.